The molecule has 0 aromatic heterocycles. The van der Waals surface area contributed by atoms with Crippen molar-refractivity contribution in [3.8, 4) is 17.2 Å². The number of hydrogen-bond donors (Lipinski definition) is 2. The standard InChI is InChI=1S/C20H22F3NO5/c1-27-16-8-12(9-17(28-2)19(16)29-3)10-18(26)24-11-15(25)13-6-4-5-7-14(13)20(21,22)23/h4-9,15,25H,10-11H2,1-3H3,(H,24,26). The zero-order valence-corrected chi connectivity index (χ0v) is 16.2. The monoisotopic (exact) mass is 413 g/mol. The van der Waals surface area contributed by atoms with Gasteiger partial charge in [0.1, 0.15) is 0 Å². The molecule has 0 aliphatic carbocycles. The highest BCUT2D eigenvalue weighted by Crippen LogP contribution is 2.38. The number of methoxy groups -OCH3 is 3. The Morgan fingerprint density at radius 1 is 1.07 bits per heavy atom. The van der Waals surface area contributed by atoms with E-state index in [9.17, 15) is 23.1 Å². The normalized spacial score (nSPS) is 12.2. The fourth-order valence-electron chi connectivity index (χ4n) is 2.85. The first-order chi connectivity index (χ1) is 13.7. The van der Waals surface area contributed by atoms with Crippen LogP contribution < -0.4 is 19.5 Å². The Morgan fingerprint density at radius 2 is 1.66 bits per heavy atom. The van der Waals surface area contributed by atoms with Crippen LogP contribution in [-0.4, -0.2) is 38.9 Å². The molecular formula is C20H22F3NO5. The Hall–Kier alpha value is -2.94. The van der Waals surface area contributed by atoms with E-state index in [1.165, 1.54) is 39.5 Å². The Morgan fingerprint density at radius 3 is 2.17 bits per heavy atom. The quantitative estimate of drug-likeness (QED) is 0.696. The molecule has 0 spiro atoms. The van der Waals surface area contributed by atoms with Crippen LogP contribution in [0.25, 0.3) is 0 Å². The zero-order valence-electron chi connectivity index (χ0n) is 16.2. The molecule has 0 bridgehead atoms. The fraction of sp³-hybridized carbons (Fsp3) is 0.350. The number of halogens is 3. The van der Waals surface area contributed by atoms with Crippen LogP contribution in [0.4, 0.5) is 13.2 Å². The van der Waals surface area contributed by atoms with E-state index in [1.807, 2.05) is 0 Å². The van der Waals surface area contributed by atoms with Gasteiger partial charge in [-0.15, -0.1) is 0 Å². The Labute approximate surface area is 166 Å². The van der Waals surface area contributed by atoms with Gasteiger partial charge in [-0.25, -0.2) is 0 Å². The van der Waals surface area contributed by atoms with Crippen molar-refractivity contribution in [3.63, 3.8) is 0 Å². The lowest BCUT2D eigenvalue weighted by atomic mass is 10.0. The highest BCUT2D eigenvalue weighted by molar-refractivity contribution is 5.79. The average molecular weight is 413 g/mol. The number of rotatable bonds is 8. The molecule has 1 unspecified atom stereocenters. The van der Waals surface area contributed by atoms with E-state index in [-0.39, 0.29) is 18.5 Å². The van der Waals surface area contributed by atoms with E-state index >= 15 is 0 Å². The van der Waals surface area contributed by atoms with Crippen molar-refractivity contribution in [2.75, 3.05) is 27.9 Å². The average Bonchev–Trinajstić information content (AvgIpc) is 2.70. The minimum atomic E-state index is -4.60. The van der Waals surface area contributed by atoms with E-state index in [2.05, 4.69) is 5.32 Å². The summed E-state index contributed by atoms with van der Waals surface area (Å²) in [7, 11) is 4.33. The van der Waals surface area contributed by atoms with E-state index in [1.54, 1.807) is 12.1 Å². The minimum absolute atomic E-state index is 0.0929. The van der Waals surface area contributed by atoms with Gasteiger partial charge in [0.25, 0.3) is 0 Å². The molecule has 0 aliphatic rings. The van der Waals surface area contributed by atoms with Gasteiger partial charge in [-0.2, -0.15) is 13.2 Å². The molecule has 6 nitrogen and oxygen atoms in total. The van der Waals surface area contributed by atoms with Crippen LogP contribution in [0.3, 0.4) is 0 Å². The molecule has 1 atom stereocenters. The molecule has 9 heteroatoms. The molecule has 0 aliphatic heterocycles. The van der Waals surface area contributed by atoms with E-state index in [0.717, 1.165) is 6.07 Å². The lowest BCUT2D eigenvalue weighted by Crippen LogP contribution is -2.30. The summed E-state index contributed by atoms with van der Waals surface area (Å²) in [6.45, 7) is -0.365. The Kier molecular flexibility index (Phi) is 7.33. The molecule has 2 N–H and O–H groups in total. The van der Waals surface area contributed by atoms with E-state index in [0.29, 0.717) is 22.8 Å². The molecule has 2 aromatic rings. The molecule has 1 amide bonds. The summed E-state index contributed by atoms with van der Waals surface area (Å²) < 4.78 is 54.8. The molecular weight excluding hydrogens is 391 g/mol. The predicted molar refractivity (Wildman–Crippen MR) is 99.2 cm³/mol. The molecule has 0 saturated carbocycles. The van der Waals surface area contributed by atoms with Gasteiger partial charge in [-0.05, 0) is 29.3 Å². The van der Waals surface area contributed by atoms with Gasteiger partial charge < -0.3 is 24.6 Å². The van der Waals surface area contributed by atoms with Crippen LogP contribution in [-0.2, 0) is 17.4 Å². The highest BCUT2D eigenvalue weighted by Gasteiger charge is 2.34. The van der Waals surface area contributed by atoms with Crippen molar-refractivity contribution >= 4 is 5.91 Å². The first kappa shape index (κ1) is 22.4. The van der Waals surface area contributed by atoms with Crippen LogP contribution in [0.5, 0.6) is 17.2 Å². The summed E-state index contributed by atoms with van der Waals surface area (Å²) in [6.07, 6.45) is -6.20. The van der Waals surface area contributed by atoms with Gasteiger partial charge in [0.05, 0.1) is 39.4 Å². The summed E-state index contributed by atoms with van der Waals surface area (Å²) in [5.41, 5.74) is -0.693. The lowest BCUT2D eigenvalue weighted by Gasteiger charge is -2.18. The van der Waals surface area contributed by atoms with Gasteiger partial charge in [-0.3, -0.25) is 4.79 Å². The number of ether oxygens (including phenoxy) is 3. The molecule has 29 heavy (non-hydrogen) atoms. The molecule has 0 radical (unpaired) electrons. The summed E-state index contributed by atoms with van der Waals surface area (Å²) in [4.78, 5) is 12.2. The second kappa shape index (κ2) is 9.51. The van der Waals surface area contributed by atoms with Crippen LogP contribution in [0.1, 0.15) is 22.8 Å². The van der Waals surface area contributed by atoms with Crippen LogP contribution in [0.15, 0.2) is 36.4 Å². The number of carbonyl (C=O) groups excluding carboxylic acids is 1. The molecule has 0 heterocycles. The van der Waals surface area contributed by atoms with Crippen LogP contribution >= 0.6 is 0 Å². The molecule has 158 valence electrons. The second-order valence-electron chi connectivity index (χ2n) is 6.12. The first-order valence-electron chi connectivity index (χ1n) is 8.61. The number of aliphatic hydroxyl groups excluding tert-OH is 1. The summed E-state index contributed by atoms with van der Waals surface area (Å²) in [6, 6.07) is 7.88. The van der Waals surface area contributed by atoms with E-state index < -0.39 is 23.8 Å². The number of nitrogens with one attached hydrogen (secondary N) is 1. The number of hydrogen-bond acceptors (Lipinski definition) is 5. The Balaban J connectivity index is 2.08. The van der Waals surface area contributed by atoms with Crippen molar-refractivity contribution in [2.45, 2.75) is 18.7 Å². The maximum atomic E-state index is 13.1. The summed E-state index contributed by atoms with van der Waals surface area (Å²) in [5, 5.41) is 12.6. The number of carbonyl (C=O) groups is 1. The van der Waals surface area contributed by atoms with Crippen molar-refractivity contribution in [3.05, 3.63) is 53.1 Å². The highest BCUT2D eigenvalue weighted by atomic mass is 19.4. The first-order valence-corrected chi connectivity index (χ1v) is 8.61. The maximum Gasteiger partial charge on any atom is 0.416 e. The SMILES string of the molecule is COc1cc(CC(=O)NCC(O)c2ccccc2C(F)(F)F)cc(OC)c1OC. The Bertz CT molecular complexity index is 829. The van der Waals surface area contributed by atoms with Gasteiger partial charge in [-0.1, -0.05) is 18.2 Å². The number of alkyl halides is 3. The lowest BCUT2D eigenvalue weighted by molar-refractivity contribution is -0.139. The van der Waals surface area contributed by atoms with Crippen molar-refractivity contribution < 1.29 is 37.3 Å². The number of amides is 1. The van der Waals surface area contributed by atoms with Gasteiger partial charge in [0.15, 0.2) is 11.5 Å². The number of benzene rings is 2. The molecule has 0 fully saturated rings. The summed E-state index contributed by atoms with van der Waals surface area (Å²) in [5.74, 6) is 0.628. The smallest absolute Gasteiger partial charge is 0.416 e. The van der Waals surface area contributed by atoms with Gasteiger partial charge in [0, 0.05) is 6.54 Å². The minimum Gasteiger partial charge on any atom is -0.493 e. The number of aliphatic hydroxyl groups is 1. The molecule has 2 aromatic carbocycles. The van der Waals surface area contributed by atoms with Gasteiger partial charge in [0.2, 0.25) is 11.7 Å². The molecule has 2 rings (SSSR count). The van der Waals surface area contributed by atoms with E-state index in [4.69, 9.17) is 14.2 Å². The molecule has 0 saturated heterocycles. The third kappa shape index (κ3) is 5.54. The second-order valence-corrected chi connectivity index (χ2v) is 6.12. The summed E-state index contributed by atoms with van der Waals surface area (Å²) >= 11 is 0. The maximum absolute atomic E-state index is 13.1. The van der Waals surface area contributed by atoms with Crippen molar-refractivity contribution in [1.82, 2.24) is 5.32 Å². The largest absolute Gasteiger partial charge is 0.493 e. The predicted octanol–water partition coefficient (Wildman–Crippen LogP) is 3.12. The fourth-order valence-corrected chi connectivity index (χ4v) is 2.85. The van der Waals surface area contributed by atoms with Crippen molar-refractivity contribution in [1.29, 1.82) is 0 Å². The third-order valence-electron chi connectivity index (χ3n) is 4.21. The third-order valence-corrected chi connectivity index (χ3v) is 4.21. The van der Waals surface area contributed by atoms with Crippen LogP contribution in [0, 0.1) is 0 Å². The van der Waals surface area contributed by atoms with Gasteiger partial charge >= 0.3 is 6.18 Å². The van der Waals surface area contributed by atoms with Crippen LogP contribution in [0.2, 0.25) is 0 Å². The van der Waals surface area contributed by atoms with Crippen molar-refractivity contribution in [2.24, 2.45) is 0 Å². The zero-order chi connectivity index (χ0) is 21.6. The topological polar surface area (TPSA) is 77.0 Å².